The molecule has 15 heavy (non-hydrogen) atoms. The molecule has 1 fully saturated rings. The maximum atomic E-state index is 5.56. The third-order valence-electron chi connectivity index (χ3n) is 1.98. The normalized spacial score (nSPS) is 26.8. The maximum absolute atomic E-state index is 5.56. The zero-order chi connectivity index (χ0) is 11.3. The van der Waals surface area contributed by atoms with Crippen molar-refractivity contribution in [3.05, 3.63) is 0 Å². The fourth-order valence-corrected chi connectivity index (χ4v) is 1.35. The molecule has 1 aliphatic rings. The second kappa shape index (κ2) is 5.77. The highest BCUT2D eigenvalue weighted by Gasteiger charge is 2.33. The van der Waals surface area contributed by atoms with E-state index >= 15 is 0 Å². The van der Waals surface area contributed by atoms with Gasteiger partial charge in [-0.25, -0.2) is 0 Å². The zero-order valence-electron chi connectivity index (χ0n) is 9.82. The smallest absolute Gasteiger partial charge is 0.271 e. The third kappa shape index (κ3) is 4.44. The first-order chi connectivity index (χ1) is 7.07. The minimum absolute atomic E-state index is 0.0573. The van der Waals surface area contributed by atoms with Crippen molar-refractivity contribution in [1.29, 1.82) is 0 Å². The van der Waals surface area contributed by atoms with E-state index in [0.717, 1.165) is 0 Å². The Morgan fingerprint density at radius 3 is 2.60 bits per heavy atom. The van der Waals surface area contributed by atoms with Crippen molar-refractivity contribution in [2.45, 2.75) is 39.1 Å². The van der Waals surface area contributed by atoms with Gasteiger partial charge in [0.05, 0.1) is 13.2 Å². The fraction of sp³-hybridized carbons (Fsp3) is 1.00. The molecule has 0 bridgehead atoms. The van der Waals surface area contributed by atoms with Gasteiger partial charge in [0, 0.05) is 13.7 Å². The molecule has 1 unspecified atom stereocenters. The van der Waals surface area contributed by atoms with Crippen molar-refractivity contribution in [2.75, 3.05) is 26.9 Å². The quantitative estimate of drug-likeness (QED) is 0.628. The van der Waals surface area contributed by atoms with Crippen LogP contribution < -0.4 is 0 Å². The molecule has 5 heteroatoms. The molecule has 90 valence electrons. The second-order valence-corrected chi connectivity index (χ2v) is 3.76. The Bertz CT molecular complexity index is 183. The molecule has 0 amide bonds. The van der Waals surface area contributed by atoms with Crippen molar-refractivity contribution in [3.63, 3.8) is 0 Å². The van der Waals surface area contributed by atoms with E-state index in [1.165, 1.54) is 7.11 Å². The lowest BCUT2D eigenvalue weighted by molar-refractivity contribution is -0.283. The van der Waals surface area contributed by atoms with Gasteiger partial charge in [-0.1, -0.05) is 0 Å². The van der Waals surface area contributed by atoms with E-state index in [9.17, 15) is 0 Å². The van der Waals surface area contributed by atoms with Crippen LogP contribution in [0.4, 0.5) is 0 Å². The van der Waals surface area contributed by atoms with Gasteiger partial charge in [-0.2, -0.15) is 0 Å². The van der Waals surface area contributed by atoms with Crippen molar-refractivity contribution in [3.8, 4) is 0 Å². The molecular weight excluding hydrogens is 200 g/mol. The largest absolute Gasteiger partial charge is 0.348 e. The van der Waals surface area contributed by atoms with Crippen molar-refractivity contribution in [2.24, 2.45) is 0 Å². The molecule has 0 saturated carbocycles. The molecule has 2 atom stereocenters. The minimum Gasteiger partial charge on any atom is -0.348 e. The number of hydrogen-bond acceptors (Lipinski definition) is 5. The van der Waals surface area contributed by atoms with Crippen molar-refractivity contribution < 1.29 is 23.7 Å². The van der Waals surface area contributed by atoms with Gasteiger partial charge in [-0.3, -0.25) is 0 Å². The third-order valence-corrected chi connectivity index (χ3v) is 1.98. The van der Waals surface area contributed by atoms with Gasteiger partial charge in [0.25, 0.3) is 6.48 Å². The van der Waals surface area contributed by atoms with Crippen molar-refractivity contribution in [1.82, 2.24) is 0 Å². The Hall–Kier alpha value is -0.200. The fourth-order valence-electron chi connectivity index (χ4n) is 1.35. The molecule has 0 aliphatic carbocycles. The molecular formula is C10H20O5. The predicted molar refractivity (Wildman–Crippen MR) is 53.3 cm³/mol. The Kier molecular flexibility index (Phi) is 4.95. The van der Waals surface area contributed by atoms with Crippen LogP contribution in [-0.4, -0.2) is 45.3 Å². The summed E-state index contributed by atoms with van der Waals surface area (Å²) in [6.45, 7) is 6.51. The van der Waals surface area contributed by atoms with Crippen LogP contribution in [0.15, 0.2) is 0 Å². The van der Waals surface area contributed by atoms with Crippen LogP contribution in [0.1, 0.15) is 20.8 Å². The maximum Gasteiger partial charge on any atom is 0.271 e. The summed E-state index contributed by atoms with van der Waals surface area (Å²) >= 11 is 0. The predicted octanol–water partition coefficient (Wildman–Crippen LogP) is 1.12. The summed E-state index contributed by atoms with van der Waals surface area (Å²) in [5.41, 5.74) is 0. The highest BCUT2D eigenvalue weighted by Crippen LogP contribution is 2.22. The number of rotatable bonds is 6. The Morgan fingerprint density at radius 1 is 1.40 bits per heavy atom. The first kappa shape index (κ1) is 12.9. The summed E-state index contributed by atoms with van der Waals surface area (Å²) in [7, 11) is 1.54. The highest BCUT2D eigenvalue weighted by molar-refractivity contribution is 4.70. The average molecular weight is 220 g/mol. The lowest BCUT2D eigenvalue weighted by Crippen LogP contribution is -2.28. The van der Waals surface area contributed by atoms with Crippen LogP contribution in [0, 0.1) is 0 Å². The summed E-state index contributed by atoms with van der Waals surface area (Å²) in [5.74, 6) is -0.512. The zero-order valence-corrected chi connectivity index (χ0v) is 9.82. The van der Waals surface area contributed by atoms with Gasteiger partial charge >= 0.3 is 0 Å². The molecule has 5 nitrogen and oxygen atoms in total. The van der Waals surface area contributed by atoms with E-state index in [0.29, 0.717) is 19.8 Å². The molecule has 0 aromatic carbocycles. The first-order valence-corrected chi connectivity index (χ1v) is 5.15. The van der Waals surface area contributed by atoms with Crippen LogP contribution in [0.5, 0.6) is 0 Å². The minimum atomic E-state index is -0.623. The summed E-state index contributed by atoms with van der Waals surface area (Å²) in [6.07, 6.45) is -0.0573. The summed E-state index contributed by atoms with van der Waals surface area (Å²) in [5, 5.41) is 0. The molecule has 0 spiro atoms. The molecule has 0 N–H and O–H groups in total. The van der Waals surface area contributed by atoms with Crippen LogP contribution >= 0.6 is 0 Å². The summed E-state index contributed by atoms with van der Waals surface area (Å²) in [6, 6.07) is 0. The number of methoxy groups -OCH3 is 1. The van der Waals surface area contributed by atoms with E-state index < -0.39 is 12.3 Å². The number of ether oxygens (including phenoxy) is 5. The van der Waals surface area contributed by atoms with Gasteiger partial charge in [0.15, 0.2) is 5.79 Å². The first-order valence-electron chi connectivity index (χ1n) is 5.15. The standard InChI is InChI=1S/C10H20O5/c1-5-12-9(11-4)13-6-8-7-14-10(2,3)15-8/h8-9H,5-7H2,1-4H3/t8-,9?/m0/s1. The highest BCUT2D eigenvalue weighted by atomic mass is 16.8. The van der Waals surface area contributed by atoms with E-state index in [-0.39, 0.29) is 6.10 Å². The number of hydrogen-bond donors (Lipinski definition) is 0. The average Bonchev–Trinajstić information content (AvgIpc) is 2.53. The Morgan fingerprint density at radius 2 is 2.13 bits per heavy atom. The Balaban J connectivity index is 2.19. The summed E-state index contributed by atoms with van der Waals surface area (Å²) in [4.78, 5) is 0. The van der Waals surface area contributed by atoms with Gasteiger partial charge in [0.1, 0.15) is 6.10 Å². The second-order valence-electron chi connectivity index (χ2n) is 3.76. The van der Waals surface area contributed by atoms with Crippen LogP contribution in [0.2, 0.25) is 0 Å². The van der Waals surface area contributed by atoms with Gasteiger partial charge in [-0.05, 0) is 20.8 Å². The van der Waals surface area contributed by atoms with E-state index in [1.807, 2.05) is 20.8 Å². The van der Waals surface area contributed by atoms with Crippen LogP contribution in [-0.2, 0) is 23.7 Å². The van der Waals surface area contributed by atoms with E-state index in [2.05, 4.69) is 0 Å². The van der Waals surface area contributed by atoms with E-state index in [4.69, 9.17) is 23.7 Å². The lowest BCUT2D eigenvalue weighted by Gasteiger charge is -2.19. The van der Waals surface area contributed by atoms with Crippen molar-refractivity contribution >= 4 is 0 Å². The van der Waals surface area contributed by atoms with Crippen LogP contribution in [0.25, 0.3) is 0 Å². The van der Waals surface area contributed by atoms with E-state index in [1.54, 1.807) is 0 Å². The van der Waals surface area contributed by atoms with Gasteiger partial charge in [0.2, 0.25) is 0 Å². The Labute approximate surface area is 90.6 Å². The topological polar surface area (TPSA) is 46.2 Å². The summed E-state index contributed by atoms with van der Waals surface area (Å²) < 4.78 is 26.4. The van der Waals surface area contributed by atoms with Gasteiger partial charge < -0.3 is 23.7 Å². The molecule has 1 heterocycles. The SMILES string of the molecule is CCOC(OC)OC[C@H]1COC(C)(C)O1. The molecule has 1 rings (SSSR count). The van der Waals surface area contributed by atoms with Crippen LogP contribution in [0.3, 0.4) is 0 Å². The monoisotopic (exact) mass is 220 g/mol. The van der Waals surface area contributed by atoms with Gasteiger partial charge in [-0.15, -0.1) is 0 Å². The molecule has 0 aromatic rings. The molecule has 1 aliphatic heterocycles. The molecule has 0 radical (unpaired) electrons. The lowest BCUT2D eigenvalue weighted by atomic mass is 10.4. The molecule has 1 saturated heterocycles. The molecule has 0 aromatic heterocycles.